The minimum Gasteiger partial charge on any atom is -0.480 e. The predicted molar refractivity (Wildman–Crippen MR) is 144 cm³/mol. The normalized spacial score (nSPS) is 18.1. The van der Waals surface area contributed by atoms with Crippen molar-refractivity contribution < 1.29 is 19.4 Å². The van der Waals surface area contributed by atoms with Crippen molar-refractivity contribution in [3.05, 3.63) is 93.6 Å². The molecule has 4 rings (SSSR count). The van der Waals surface area contributed by atoms with Gasteiger partial charge in [-0.1, -0.05) is 59.6 Å². The summed E-state index contributed by atoms with van der Waals surface area (Å²) in [6.45, 7) is 0.493. The summed E-state index contributed by atoms with van der Waals surface area (Å²) in [6.07, 6.45) is 6.15. The number of pyridine rings is 1. The largest absolute Gasteiger partial charge is 0.480 e. The van der Waals surface area contributed by atoms with E-state index in [0.29, 0.717) is 12.6 Å². The first-order valence-corrected chi connectivity index (χ1v) is 13.0. The Morgan fingerprint density at radius 2 is 1.62 bits per heavy atom. The Hall–Kier alpha value is -3.13. The number of amides is 1. The summed E-state index contributed by atoms with van der Waals surface area (Å²) in [4.78, 5) is 28.8. The van der Waals surface area contributed by atoms with Crippen molar-refractivity contribution in [1.82, 2.24) is 10.3 Å². The second kappa shape index (κ2) is 12.9. The van der Waals surface area contributed by atoms with Crippen molar-refractivity contribution in [3.63, 3.8) is 0 Å². The maximum Gasteiger partial charge on any atom is 0.326 e. The third kappa shape index (κ3) is 7.68. The number of carbonyl (C=O) groups is 2. The van der Waals surface area contributed by atoms with Gasteiger partial charge in [-0.25, -0.2) is 9.78 Å². The molecular weight excluding hydrogens is 513 g/mol. The molecule has 3 N–H and O–H groups in total. The van der Waals surface area contributed by atoms with Gasteiger partial charge in [-0.05, 0) is 61.1 Å². The number of carboxylic acid groups (broad SMARTS) is 1. The molecular formula is C28H29Cl2N3O4. The molecule has 0 saturated heterocycles. The zero-order valence-electron chi connectivity index (χ0n) is 20.2. The van der Waals surface area contributed by atoms with Crippen LogP contribution in [0.3, 0.4) is 0 Å². The number of hydrogen-bond acceptors (Lipinski definition) is 5. The predicted octanol–water partition coefficient (Wildman–Crippen LogP) is 5.75. The van der Waals surface area contributed by atoms with E-state index in [0.717, 1.165) is 42.6 Å². The van der Waals surface area contributed by atoms with E-state index in [2.05, 4.69) is 15.6 Å². The van der Waals surface area contributed by atoms with Gasteiger partial charge in [0.15, 0.2) is 0 Å². The molecule has 0 aliphatic heterocycles. The highest BCUT2D eigenvalue weighted by Crippen LogP contribution is 2.25. The van der Waals surface area contributed by atoms with Crippen LogP contribution in [0.2, 0.25) is 10.0 Å². The Morgan fingerprint density at radius 3 is 2.24 bits per heavy atom. The number of nitrogens with zero attached hydrogens (tertiary/aromatic N) is 1. The van der Waals surface area contributed by atoms with Crippen LogP contribution in [-0.4, -0.2) is 40.2 Å². The standard InChI is InChI=1S/C28H29Cl2N3O4/c29-22-4-3-5-23(30)26(22)27(34)33-24(28(35)36)16-18-7-9-19(10-8-18)17-37-21-13-11-20(12-14-21)32-25-6-1-2-15-31-25/h1-10,15,20-21,24H,11-14,16-17H2,(H,31,32)(H,33,34)(H,35,36)/t20-,21+,24-/m0/s1. The Kier molecular flexibility index (Phi) is 9.39. The van der Waals surface area contributed by atoms with Crippen LogP contribution in [-0.2, 0) is 22.6 Å². The number of anilines is 1. The van der Waals surface area contributed by atoms with Crippen LogP contribution in [0, 0.1) is 0 Å². The number of nitrogens with one attached hydrogen (secondary N) is 2. The minimum atomic E-state index is -1.14. The second-order valence-electron chi connectivity index (χ2n) is 9.13. The van der Waals surface area contributed by atoms with E-state index in [4.69, 9.17) is 27.9 Å². The van der Waals surface area contributed by atoms with Gasteiger partial charge >= 0.3 is 5.97 Å². The molecule has 1 atom stereocenters. The first-order chi connectivity index (χ1) is 17.9. The first kappa shape index (κ1) is 26.9. The van der Waals surface area contributed by atoms with Gasteiger partial charge in [0.2, 0.25) is 0 Å². The molecule has 0 radical (unpaired) electrons. The maximum absolute atomic E-state index is 12.6. The average molecular weight is 542 g/mol. The number of ether oxygens (including phenoxy) is 1. The number of aliphatic carboxylic acids is 1. The highest BCUT2D eigenvalue weighted by atomic mass is 35.5. The molecule has 7 nitrogen and oxygen atoms in total. The van der Waals surface area contributed by atoms with E-state index in [1.54, 1.807) is 12.3 Å². The van der Waals surface area contributed by atoms with Crippen molar-refractivity contribution in [3.8, 4) is 0 Å². The fourth-order valence-corrected chi connectivity index (χ4v) is 4.97. The van der Waals surface area contributed by atoms with Crippen LogP contribution < -0.4 is 10.6 Å². The molecule has 1 fully saturated rings. The number of carboxylic acids is 1. The van der Waals surface area contributed by atoms with Gasteiger partial charge in [-0.3, -0.25) is 4.79 Å². The lowest BCUT2D eigenvalue weighted by Crippen LogP contribution is -2.42. The smallest absolute Gasteiger partial charge is 0.326 e. The summed E-state index contributed by atoms with van der Waals surface area (Å²) >= 11 is 12.2. The van der Waals surface area contributed by atoms with Crippen molar-refractivity contribution >= 4 is 40.9 Å². The van der Waals surface area contributed by atoms with E-state index in [-0.39, 0.29) is 28.1 Å². The lowest BCUT2D eigenvalue weighted by atomic mass is 9.93. The molecule has 194 valence electrons. The van der Waals surface area contributed by atoms with Crippen molar-refractivity contribution in [2.45, 2.75) is 56.9 Å². The molecule has 1 amide bonds. The topological polar surface area (TPSA) is 101 Å². The zero-order valence-corrected chi connectivity index (χ0v) is 21.7. The van der Waals surface area contributed by atoms with Gasteiger partial charge in [0.1, 0.15) is 11.9 Å². The number of halogens is 2. The van der Waals surface area contributed by atoms with Gasteiger partial charge < -0.3 is 20.5 Å². The fraction of sp³-hybridized carbons (Fsp3) is 0.321. The monoisotopic (exact) mass is 541 g/mol. The van der Waals surface area contributed by atoms with E-state index < -0.39 is 17.9 Å². The molecule has 0 unspecified atom stereocenters. The number of rotatable bonds is 10. The molecule has 0 spiro atoms. The third-order valence-corrected chi connectivity index (χ3v) is 7.06. The van der Waals surface area contributed by atoms with Crippen molar-refractivity contribution in [2.75, 3.05) is 5.32 Å². The molecule has 1 aromatic heterocycles. The molecule has 0 bridgehead atoms. The Balaban J connectivity index is 1.25. The number of benzene rings is 2. The quantitative estimate of drug-likeness (QED) is 0.302. The molecule has 37 heavy (non-hydrogen) atoms. The summed E-state index contributed by atoms with van der Waals surface area (Å²) in [5.41, 5.74) is 1.85. The van der Waals surface area contributed by atoms with Crippen molar-refractivity contribution in [2.24, 2.45) is 0 Å². The van der Waals surface area contributed by atoms with Gasteiger partial charge in [0.25, 0.3) is 5.91 Å². The van der Waals surface area contributed by atoms with Crippen LogP contribution >= 0.6 is 23.2 Å². The Bertz CT molecular complexity index is 1180. The highest BCUT2D eigenvalue weighted by Gasteiger charge is 2.24. The molecule has 3 aromatic rings. The third-order valence-electron chi connectivity index (χ3n) is 6.43. The van der Waals surface area contributed by atoms with Gasteiger partial charge in [0.05, 0.1) is 28.3 Å². The van der Waals surface area contributed by atoms with E-state index in [9.17, 15) is 14.7 Å². The van der Waals surface area contributed by atoms with E-state index in [1.165, 1.54) is 12.1 Å². The maximum atomic E-state index is 12.6. The number of carbonyl (C=O) groups excluding carboxylic acids is 1. The Morgan fingerprint density at radius 1 is 0.946 bits per heavy atom. The molecule has 9 heteroatoms. The summed E-state index contributed by atoms with van der Waals surface area (Å²) in [5, 5.41) is 16.0. The van der Waals surface area contributed by atoms with E-state index in [1.807, 2.05) is 42.5 Å². The fourth-order valence-electron chi connectivity index (χ4n) is 4.40. The van der Waals surface area contributed by atoms with Crippen LogP contribution in [0.5, 0.6) is 0 Å². The number of hydrogen-bond donors (Lipinski definition) is 3. The lowest BCUT2D eigenvalue weighted by molar-refractivity contribution is -0.139. The minimum absolute atomic E-state index is 0.0612. The SMILES string of the molecule is O=C(N[C@@H](Cc1ccc(CO[C@H]2CC[C@@H](Nc3ccccn3)CC2)cc1)C(=O)O)c1c(Cl)cccc1Cl. The summed E-state index contributed by atoms with van der Waals surface area (Å²) < 4.78 is 6.13. The molecule has 1 aliphatic rings. The van der Waals surface area contributed by atoms with Crippen LogP contribution in [0.15, 0.2) is 66.9 Å². The summed E-state index contributed by atoms with van der Waals surface area (Å²) in [5.74, 6) is -0.862. The molecule has 2 aromatic carbocycles. The Labute approximate surface area is 226 Å². The number of aromatic nitrogens is 1. The van der Waals surface area contributed by atoms with E-state index >= 15 is 0 Å². The van der Waals surface area contributed by atoms with Gasteiger partial charge in [-0.2, -0.15) is 0 Å². The van der Waals surface area contributed by atoms with Crippen LogP contribution in [0.1, 0.15) is 47.2 Å². The van der Waals surface area contributed by atoms with Crippen molar-refractivity contribution in [1.29, 1.82) is 0 Å². The highest BCUT2D eigenvalue weighted by molar-refractivity contribution is 6.39. The van der Waals surface area contributed by atoms with Gasteiger partial charge in [-0.15, -0.1) is 0 Å². The van der Waals surface area contributed by atoms with Crippen LogP contribution in [0.4, 0.5) is 5.82 Å². The summed E-state index contributed by atoms with van der Waals surface area (Å²) in [7, 11) is 0. The molecule has 1 heterocycles. The molecule has 1 aliphatic carbocycles. The second-order valence-corrected chi connectivity index (χ2v) is 9.94. The lowest BCUT2D eigenvalue weighted by Gasteiger charge is -2.29. The first-order valence-electron chi connectivity index (χ1n) is 12.2. The summed E-state index contributed by atoms with van der Waals surface area (Å²) in [6, 6.07) is 17.4. The van der Waals surface area contributed by atoms with Gasteiger partial charge in [0, 0.05) is 18.7 Å². The average Bonchev–Trinajstić information content (AvgIpc) is 2.89. The zero-order chi connectivity index (χ0) is 26.2. The molecule has 1 saturated carbocycles. The van der Waals surface area contributed by atoms with Crippen LogP contribution in [0.25, 0.3) is 0 Å².